The number of azide groups is 1. The molecule has 0 aliphatic heterocycles. The molecule has 1 rings (SSSR count). The summed E-state index contributed by atoms with van der Waals surface area (Å²) >= 11 is 0. The summed E-state index contributed by atoms with van der Waals surface area (Å²) in [6.45, 7) is 11.9. The van der Waals surface area contributed by atoms with Crippen molar-refractivity contribution in [3.8, 4) is 0 Å². The first-order valence-corrected chi connectivity index (χ1v) is 8.94. The summed E-state index contributed by atoms with van der Waals surface area (Å²) in [5, 5.41) is 0. The highest BCUT2D eigenvalue weighted by Crippen LogP contribution is 2.35. The molecule has 0 aromatic heterocycles. The second-order valence-corrected chi connectivity index (χ2v) is 7.75. The van der Waals surface area contributed by atoms with Gasteiger partial charge in [-0.25, -0.2) is 8.42 Å². The van der Waals surface area contributed by atoms with Gasteiger partial charge in [0, 0.05) is 9.43 Å². The molecular weight excluding hydrogens is 328 g/mol. The Morgan fingerprint density at radius 3 is 1.50 bits per heavy atom. The monoisotopic (exact) mass is 351 g/mol. The molecule has 0 heterocycles. The molecule has 0 N–H and O–H groups in total. The van der Waals surface area contributed by atoms with Crippen molar-refractivity contribution in [2.45, 2.75) is 64.2 Å². The molecule has 0 aliphatic rings. The second-order valence-electron chi connectivity index (χ2n) is 6.23. The lowest BCUT2D eigenvalue weighted by Crippen LogP contribution is -2.10. The topological polar surface area (TPSA) is 142 Å². The number of sulfonamides is 1. The van der Waals surface area contributed by atoms with Crippen LogP contribution in [0, 0.1) is 0 Å². The molecule has 0 aliphatic carbocycles. The number of rotatable bonds is 5. The van der Waals surface area contributed by atoms with E-state index in [2.05, 4.69) is 23.3 Å². The van der Waals surface area contributed by atoms with Gasteiger partial charge in [0.25, 0.3) is 10.0 Å². The van der Waals surface area contributed by atoms with Crippen LogP contribution in [0.5, 0.6) is 0 Å². The predicted molar refractivity (Wildman–Crippen MR) is 95.1 cm³/mol. The molecule has 0 unspecified atom stereocenters. The zero-order valence-corrected chi connectivity index (χ0v) is 15.6. The van der Waals surface area contributed by atoms with Gasteiger partial charge in [-0.2, -0.15) is 0 Å². The molecule has 132 valence electrons. The van der Waals surface area contributed by atoms with Crippen LogP contribution in [0.4, 0.5) is 0 Å². The van der Waals surface area contributed by atoms with E-state index < -0.39 is 10.0 Å². The fraction of sp³-hybridized carbons (Fsp3) is 0.600. The van der Waals surface area contributed by atoms with Gasteiger partial charge in [0.15, 0.2) is 0 Å². The van der Waals surface area contributed by atoms with E-state index in [1.807, 2.05) is 39.8 Å². The lowest BCUT2D eigenvalue weighted by Gasteiger charge is -2.21. The van der Waals surface area contributed by atoms with Gasteiger partial charge < -0.3 is 11.1 Å². The highest BCUT2D eigenvalue weighted by molar-refractivity contribution is 7.90. The molecule has 0 atom stereocenters. The van der Waals surface area contributed by atoms with E-state index in [4.69, 9.17) is 16.6 Å². The van der Waals surface area contributed by atoms with Crippen molar-refractivity contribution in [2.75, 3.05) is 0 Å². The third-order valence-electron chi connectivity index (χ3n) is 3.48. The van der Waals surface area contributed by atoms with E-state index in [0.717, 1.165) is 16.7 Å². The molecule has 0 radical (unpaired) electrons. The van der Waals surface area contributed by atoms with E-state index in [1.165, 1.54) is 4.91 Å². The Morgan fingerprint density at radius 1 is 0.875 bits per heavy atom. The summed E-state index contributed by atoms with van der Waals surface area (Å²) < 4.78 is 27.7. The van der Waals surface area contributed by atoms with Crippen molar-refractivity contribution < 1.29 is 8.42 Å². The molecule has 9 heteroatoms. The zero-order valence-electron chi connectivity index (χ0n) is 14.8. The van der Waals surface area contributed by atoms with E-state index in [1.54, 1.807) is 0 Å². The van der Waals surface area contributed by atoms with Gasteiger partial charge in [0.2, 0.25) is 0 Å². The SMILES string of the molecule is CC(C)c1cc(C(C)C)c(S(=O)(=O)N=[N+]=[N-])c(C(C)C)c1.[N-]=[N+]=[N-]. The summed E-state index contributed by atoms with van der Waals surface area (Å²) in [6.07, 6.45) is 0. The van der Waals surface area contributed by atoms with Crippen molar-refractivity contribution in [3.63, 3.8) is 0 Å². The Bertz CT molecular complexity index is 727. The van der Waals surface area contributed by atoms with Crippen LogP contribution in [0.2, 0.25) is 0 Å². The van der Waals surface area contributed by atoms with Crippen LogP contribution in [0.25, 0.3) is 26.4 Å². The summed E-state index contributed by atoms with van der Waals surface area (Å²) in [6, 6.07) is 3.84. The quantitative estimate of drug-likeness (QED) is 0.368. The molecule has 0 bridgehead atoms. The van der Waals surface area contributed by atoms with E-state index >= 15 is 0 Å². The lowest BCUT2D eigenvalue weighted by molar-refractivity contribution is 0.592. The molecule has 0 fully saturated rings. The minimum absolute atomic E-state index is 0.0277. The Kier molecular flexibility index (Phi) is 8.33. The molecule has 0 spiro atoms. The Hall–Kier alpha value is -2.21. The molecule has 0 amide bonds. The first-order chi connectivity index (χ1) is 11.0. The maximum atomic E-state index is 12.3. The molecule has 0 saturated heterocycles. The molecule has 1 aromatic rings. The Morgan fingerprint density at radius 2 is 1.25 bits per heavy atom. The molecule has 24 heavy (non-hydrogen) atoms. The maximum absolute atomic E-state index is 12.3. The van der Waals surface area contributed by atoms with Crippen LogP contribution in [0.1, 0.15) is 76.0 Å². The molecular formula is C15H23N6O2S-. The molecule has 1 aromatic carbocycles. The van der Waals surface area contributed by atoms with Gasteiger partial charge >= 0.3 is 0 Å². The first-order valence-electron chi connectivity index (χ1n) is 7.50. The number of benzene rings is 1. The zero-order chi connectivity index (χ0) is 19.1. The number of nitrogens with zero attached hydrogens (tertiary/aromatic N) is 6. The van der Waals surface area contributed by atoms with Gasteiger partial charge in [-0.1, -0.05) is 53.7 Å². The lowest BCUT2D eigenvalue weighted by atomic mass is 9.89. The van der Waals surface area contributed by atoms with E-state index in [9.17, 15) is 8.42 Å². The highest BCUT2D eigenvalue weighted by Gasteiger charge is 2.26. The maximum Gasteiger partial charge on any atom is 0.264 e. The molecule has 0 saturated carbocycles. The average Bonchev–Trinajstić information content (AvgIpc) is 2.46. The summed E-state index contributed by atoms with van der Waals surface area (Å²) in [5.41, 5.74) is 24.6. The Balaban J connectivity index is 0.00000163. The van der Waals surface area contributed by atoms with Crippen LogP contribution in [0.15, 0.2) is 21.5 Å². The van der Waals surface area contributed by atoms with Crippen molar-refractivity contribution in [1.29, 1.82) is 0 Å². The Labute approximate surface area is 143 Å². The fourth-order valence-corrected chi connectivity index (χ4v) is 3.64. The number of hydrogen-bond donors (Lipinski definition) is 0. The normalized spacial score (nSPS) is 10.9. The third-order valence-corrected chi connectivity index (χ3v) is 4.76. The van der Waals surface area contributed by atoms with Crippen LogP contribution >= 0.6 is 0 Å². The van der Waals surface area contributed by atoms with Gasteiger partial charge in [0.05, 0.1) is 4.90 Å². The second kappa shape index (κ2) is 9.17. The van der Waals surface area contributed by atoms with Crippen molar-refractivity contribution in [3.05, 3.63) is 55.2 Å². The predicted octanol–water partition coefficient (Wildman–Crippen LogP) is 5.92. The largest absolute Gasteiger partial charge is 0.373 e. The van der Waals surface area contributed by atoms with Crippen molar-refractivity contribution in [1.82, 2.24) is 0 Å². The summed E-state index contributed by atoms with van der Waals surface area (Å²) in [7, 11) is -4.00. The average molecular weight is 351 g/mol. The van der Waals surface area contributed by atoms with E-state index in [-0.39, 0.29) is 16.7 Å². The van der Waals surface area contributed by atoms with Crippen molar-refractivity contribution in [2.24, 2.45) is 4.52 Å². The fourth-order valence-electron chi connectivity index (χ4n) is 2.28. The van der Waals surface area contributed by atoms with Crippen molar-refractivity contribution >= 4 is 10.0 Å². The van der Waals surface area contributed by atoms with E-state index in [0.29, 0.717) is 5.92 Å². The standard InChI is InChI=1S/C15H23N3O2S.N3/c1-9(2)12-7-13(10(3)4)15(14(8-12)11(5)6)21(19,20)18-17-16;1-3-2/h7-11H,1-6H3;/q;-1. The van der Waals surface area contributed by atoms with Gasteiger partial charge in [-0.05, 0) is 40.0 Å². The number of hydrogen-bond acceptors (Lipinski definition) is 2. The third kappa shape index (κ3) is 5.45. The molecule has 8 nitrogen and oxygen atoms in total. The van der Waals surface area contributed by atoms with Gasteiger partial charge in [-0.15, -0.1) is 0 Å². The highest BCUT2D eigenvalue weighted by atomic mass is 32.2. The van der Waals surface area contributed by atoms with Crippen LogP contribution in [-0.4, -0.2) is 8.42 Å². The summed E-state index contributed by atoms with van der Waals surface area (Å²) in [4.78, 5) is 4.15. The minimum atomic E-state index is -4.00. The van der Waals surface area contributed by atoms with Gasteiger partial charge in [0.1, 0.15) is 0 Å². The van der Waals surface area contributed by atoms with Crippen LogP contribution < -0.4 is 0 Å². The first kappa shape index (κ1) is 21.8. The van der Waals surface area contributed by atoms with Crippen LogP contribution in [-0.2, 0) is 10.0 Å². The smallest absolute Gasteiger partial charge is 0.264 e. The van der Waals surface area contributed by atoms with Crippen LogP contribution in [0.3, 0.4) is 0 Å². The van der Waals surface area contributed by atoms with Gasteiger partial charge in [-0.3, -0.25) is 4.91 Å². The minimum Gasteiger partial charge on any atom is -0.373 e. The summed E-state index contributed by atoms with van der Waals surface area (Å²) in [5.74, 6) is 0.357.